The van der Waals surface area contributed by atoms with Crippen molar-refractivity contribution >= 4 is 49.8 Å². The fourth-order valence-electron chi connectivity index (χ4n) is 2.41. The normalized spacial score (nSPS) is 11.2. The summed E-state index contributed by atoms with van der Waals surface area (Å²) in [6.45, 7) is 0. The lowest BCUT2D eigenvalue weighted by atomic mass is 10.2. The van der Waals surface area contributed by atoms with E-state index in [1.807, 2.05) is 30.5 Å². The summed E-state index contributed by atoms with van der Waals surface area (Å²) in [5.74, 6) is -0.113. The predicted molar refractivity (Wildman–Crippen MR) is 115 cm³/mol. The van der Waals surface area contributed by atoms with Gasteiger partial charge in [-0.05, 0) is 43.0 Å². The van der Waals surface area contributed by atoms with Crippen molar-refractivity contribution in [2.24, 2.45) is 0 Å². The van der Waals surface area contributed by atoms with Gasteiger partial charge in [0.05, 0.1) is 10.6 Å². The Labute approximate surface area is 172 Å². The fourth-order valence-corrected chi connectivity index (χ4v) is 4.89. The number of benzene rings is 2. The van der Waals surface area contributed by atoms with Crippen molar-refractivity contribution in [3.05, 3.63) is 65.7 Å². The molecule has 146 valence electrons. The Kier molecular flexibility index (Phi) is 6.71. The molecular weight excluding hydrogens is 414 g/mol. The summed E-state index contributed by atoms with van der Waals surface area (Å²) >= 11 is 2.81. The van der Waals surface area contributed by atoms with E-state index in [9.17, 15) is 13.2 Å². The van der Waals surface area contributed by atoms with E-state index in [0.29, 0.717) is 12.1 Å². The van der Waals surface area contributed by atoms with Crippen LogP contribution in [0, 0.1) is 0 Å². The zero-order chi connectivity index (χ0) is 20.0. The molecule has 1 heterocycles. The maximum Gasteiger partial charge on any atom is 0.263 e. The minimum absolute atomic E-state index is 0.113. The number of thioether (sulfide) groups is 1. The highest BCUT2D eigenvalue weighted by Gasteiger charge is 2.16. The van der Waals surface area contributed by atoms with Crippen LogP contribution in [-0.2, 0) is 21.2 Å². The van der Waals surface area contributed by atoms with E-state index in [4.69, 9.17) is 0 Å². The average molecular weight is 434 g/mol. The SMILES string of the molecule is CSc1cccc(NC(=O)CCc2csc(NS(=O)(=O)c3ccccc3)n2)c1. The number of anilines is 2. The topological polar surface area (TPSA) is 88.2 Å². The summed E-state index contributed by atoms with van der Waals surface area (Å²) in [4.78, 5) is 17.7. The first-order valence-corrected chi connectivity index (χ1v) is 12.0. The van der Waals surface area contributed by atoms with Crippen LogP contribution in [0.2, 0.25) is 0 Å². The number of thiazole rings is 1. The fraction of sp³-hybridized carbons (Fsp3) is 0.158. The van der Waals surface area contributed by atoms with Crippen molar-refractivity contribution in [2.75, 3.05) is 16.3 Å². The summed E-state index contributed by atoms with van der Waals surface area (Å²) in [5.41, 5.74) is 1.43. The minimum Gasteiger partial charge on any atom is -0.326 e. The lowest BCUT2D eigenvalue weighted by Crippen LogP contribution is -2.13. The number of hydrogen-bond donors (Lipinski definition) is 2. The van der Waals surface area contributed by atoms with Crippen LogP contribution < -0.4 is 10.0 Å². The van der Waals surface area contributed by atoms with Gasteiger partial charge < -0.3 is 5.32 Å². The van der Waals surface area contributed by atoms with Gasteiger partial charge in [-0.3, -0.25) is 9.52 Å². The first-order chi connectivity index (χ1) is 13.5. The van der Waals surface area contributed by atoms with Crippen molar-refractivity contribution in [2.45, 2.75) is 22.6 Å². The third kappa shape index (κ3) is 5.57. The van der Waals surface area contributed by atoms with Crippen LogP contribution in [0.5, 0.6) is 0 Å². The first-order valence-electron chi connectivity index (χ1n) is 8.42. The standard InChI is InChI=1S/C19H19N3O3S3/c1-26-16-7-5-6-14(12-16)20-18(23)11-10-15-13-27-19(21-15)22-28(24,25)17-8-3-2-4-9-17/h2-9,12-13H,10-11H2,1H3,(H,20,23)(H,21,22). The Morgan fingerprint density at radius 2 is 1.93 bits per heavy atom. The number of aromatic nitrogens is 1. The highest BCUT2D eigenvalue weighted by molar-refractivity contribution is 7.98. The van der Waals surface area contributed by atoms with Gasteiger partial charge in [-0.15, -0.1) is 23.1 Å². The quantitative estimate of drug-likeness (QED) is 0.519. The highest BCUT2D eigenvalue weighted by Crippen LogP contribution is 2.22. The molecule has 6 nitrogen and oxygen atoms in total. The van der Waals surface area contributed by atoms with Gasteiger partial charge in [0.1, 0.15) is 0 Å². The first kappa shape index (κ1) is 20.4. The Hall–Kier alpha value is -2.36. The molecule has 0 aliphatic heterocycles. The molecule has 0 aliphatic carbocycles. The molecule has 0 radical (unpaired) electrons. The molecular formula is C19H19N3O3S3. The van der Waals surface area contributed by atoms with Crippen LogP contribution in [0.15, 0.2) is 69.8 Å². The van der Waals surface area contributed by atoms with Crippen molar-refractivity contribution in [1.82, 2.24) is 4.98 Å². The number of carbonyl (C=O) groups excluding carboxylic acids is 1. The Balaban J connectivity index is 1.55. The Morgan fingerprint density at radius 1 is 1.14 bits per heavy atom. The van der Waals surface area contributed by atoms with Gasteiger partial charge in [-0.1, -0.05) is 24.3 Å². The molecule has 1 amide bonds. The number of nitrogens with one attached hydrogen (secondary N) is 2. The molecule has 28 heavy (non-hydrogen) atoms. The predicted octanol–water partition coefficient (Wildman–Crippen LogP) is 4.24. The van der Waals surface area contributed by atoms with E-state index in [0.717, 1.165) is 10.6 Å². The van der Waals surface area contributed by atoms with Crippen LogP contribution in [0.25, 0.3) is 0 Å². The summed E-state index contributed by atoms with van der Waals surface area (Å²) in [6, 6.07) is 15.8. The smallest absolute Gasteiger partial charge is 0.263 e. The molecule has 0 spiro atoms. The van der Waals surface area contributed by atoms with Crippen LogP contribution >= 0.6 is 23.1 Å². The van der Waals surface area contributed by atoms with Gasteiger partial charge in [-0.25, -0.2) is 13.4 Å². The maximum atomic E-state index is 12.3. The number of aryl methyl sites for hydroxylation is 1. The van der Waals surface area contributed by atoms with E-state index in [-0.39, 0.29) is 22.4 Å². The second kappa shape index (κ2) is 9.22. The number of sulfonamides is 1. The molecule has 0 bridgehead atoms. The monoisotopic (exact) mass is 433 g/mol. The van der Waals surface area contributed by atoms with Crippen LogP contribution in [-0.4, -0.2) is 25.6 Å². The van der Waals surface area contributed by atoms with Crippen LogP contribution in [0.4, 0.5) is 10.8 Å². The largest absolute Gasteiger partial charge is 0.326 e. The molecule has 0 saturated heterocycles. The van der Waals surface area contributed by atoms with Gasteiger partial charge in [0, 0.05) is 22.4 Å². The minimum atomic E-state index is -3.66. The van der Waals surface area contributed by atoms with Crippen molar-refractivity contribution in [1.29, 1.82) is 0 Å². The summed E-state index contributed by atoms with van der Waals surface area (Å²) < 4.78 is 27.1. The summed E-state index contributed by atoms with van der Waals surface area (Å²) in [7, 11) is -3.66. The van der Waals surface area contributed by atoms with Crippen molar-refractivity contribution in [3.8, 4) is 0 Å². The van der Waals surface area contributed by atoms with Crippen LogP contribution in [0.3, 0.4) is 0 Å². The van der Waals surface area contributed by atoms with Gasteiger partial charge in [0.15, 0.2) is 5.13 Å². The number of nitrogens with zero attached hydrogens (tertiary/aromatic N) is 1. The van der Waals surface area contributed by atoms with E-state index in [2.05, 4.69) is 15.0 Å². The second-order valence-electron chi connectivity index (χ2n) is 5.84. The zero-order valence-electron chi connectivity index (χ0n) is 15.1. The molecule has 9 heteroatoms. The lowest BCUT2D eigenvalue weighted by Gasteiger charge is -2.06. The third-order valence-corrected chi connectivity index (χ3v) is 6.80. The maximum absolute atomic E-state index is 12.3. The molecule has 0 fully saturated rings. The molecule has 0 atom stereocenters. The van der Waals surface area contributed by atoms with Crippen molar-refractivity contribution in [3.63, 3.8) is 0 Å². The molecule has 0 aliphatic rings. The molecule has 0 unspecified atom stereocenters. The second-order valence-corrected chi connectivity index (χ2v) is 9.26. The summed E-state index contributed by atoms with van der Waals surface area (Å²) in [6.07, 6.45) is 2.67. The number of hydrogen-bond acceptors (Lipinski definition) is 6. The van der Waals surface area contributed by atoms with Gasteiger partial charge >= 0.3 is 0 Å². The van der Waals surface area contributed by atoms with Gasteiger partial charge in [0.25, 0.3) is 10.0 Å². The van der Waals surface area contributed by atoms with E-state index in [1.54, 1.807) is 35.3 Å². The molecule has 0 saturated carbocycles. The van der Waals surface area contributed by atoms with Gasteiger partial charge in [-0.2, -0.15) is 0 Å². The highest BCUT2D eigenvalue weighted by atomic mass is 32.2. The van der Waals surface area contributed by atoms with E-state index >= 15 is 0 Å². The lowest BCUT2D eigenvalue weighted by molar-refractivity contribution is -0.116. The van der Waals surface area contributed by atoms with E-state index in [1.165, 1.54) is 23.5 Å². The average Bonchev–Trinajstić information content (AvgIpc) is 3.14. The Bertz CT molecular complexity index is 1050. The number of amides is 1. The number of rotatable bonds is 8. The summed E-state index contributed by atoms with van der Waals surface area (Å²) in [5, 5.41) is 4.90. The molecule has 2 N–H and O–H groups in total. The zero-order valence-corrected chi connectivity index (χ0v) is 17.5. The molecule has 2 aromatic carbocycles. The molecule has 3 aromatic rings. The Morgan fingerprint density at radius 3 is 2.68 bits per heavy atom. The molecule has 3 rings (SSSR count). The number of carbonyl (C=O) groups is 1. The molecule has 1 aromatic heterocycles. The van der Waals surface area contributed by atoms with Crippen LogP contribution in [0.1, 0.15) is 12.1 Å². The van der Waals surface area contributed by atoms with Crippen molar-refractivity contribution < 1.29 is 13.2 Å². The van der Waals surface area contributed by atoms with Gasteiger partial charge in [0.2, 0.25) is 5.91 Å². The van der Waals surface area contributed by atoms with E-state index < -0.39 is 10.0 Å². The third-order valence-electron chi connectivity index (χ3n) is 3.79.